The number of carbonyl (C=O) groups is 2. The van der Waals surface area contributed by atoms with Gasteiger partial charge in [0.25, 0.3) is 0 Å². The van der Waals surface area contributed by atoms with E-state index in [2.05, 4.69) is 23.5 Å². The van der Waals surface area contributed by atoms with Crippen LogP contribution < -0.4 is 0 Å². The number of hydrogen-bond donors (Lipinski definition) is 0. The van der Waals surface area contributed by atoms with Crippen molar-refractivity contribution in [2.75, 3.05) is 28.4 Å². The Morgan fingerprint density at radius 3 is 2.30 bits per heavy atom. The van der Waals surface area contributed by atoms with Crippen LogP contribution in [-0.2, 0) is 47.5 Å². The molecule has 6 aliphatic rings. The predicted octanol–water partition coefficient (Wildman–Crippen LogP) is 5.54. The van der Waals surface area contributed by atoms with E-state index in [0.29, 0.717) is 25.7 Å². The molecule has 0 radical (unpaired) electrons. The van der Waals surface area contributed by atoms with Crippen LogP contribution in [0.4, 0.5) is 0 Å². The second-order valence-corrected chi connectivity index (χ2v) is 16.2. The number of nitroso groups, excluding NO2 is 1. The van der Waals surface area contributed by atoms with Crippen molar-refractivity contribution in [1.29, 1.82) is 0 Å². The van der Waals surface area contributed by atoms with E-state index in [-0.39, 0.29) is 96.5 Å². The minimum absolute atomic E-state index is 0.0111. The van der Waals surface area contributed by atoms with Gasteiger partial charge in [-0.3, -0.25) is 14.6 Å². The molecule has 53 heavy (non-hydrogen) atoms. The second kappa shape index (κ2) is 17.7. The van der Waals surface area contributed by atoms with Crippen molar-refractivity contribution in [3.63, 3.8) is 0 Å². The third-order valence-corrected chi connectivity index (χ3v) is 13.2. The predicted molar refractivity (Wildman–Crippen MR) is 194 cm³/mol. The van der Waals surface area contributed by atoms with E-state index >= 15 is 0 Å². The van der Waals surface area contributed by atoms with Crippen LogP contribution >= 0.6 is 0 Å². The Labute approximate surface area is 314 Å². The van der Waals surface area contributed by atoms with Gasteiger partial charge in [0, 0.05) is 46.6 Å². The van der Waals surface area contributed by atoms with Gasteiger partial charge >= 0.3 is 5.97 Å². The summed E-state index contributed by atoms with van der Waals surface area (Å²) in [6.45, 7) is 7.90. The average Bonchev–Trinajstić information content (AvgIpc) is 3.73. The Morgan fingerprint density at radius 1 is 0.868 bits per heavy atom. The molecule has 0 aromatic carbocycles. The van der Waals surface area contributed by atoms with E-state index in [1.807, 2.05) is 27.7 Å². The Morgan fingerprint density at radius 2 is 1.62 bits per heavy atom. The average molecular weight is 747 g/mol. The molecule has 0 aromatic rings. The molecule has 3 aliphatic carbocycles. The molecule has 1 saturated carbocycles. The summed E-state index contributed by atoms with van der Waals surface area (Å²) < 4.78 is 49.3. The first kappa shape index (κ1) is 40.4. The minimum Gasteiger partial charge on any atom is -0.462 e. The van der Waals surface area contributed by atoms with Crippen molar-refractivity contribution in [3.8, 4) is 0 Å². The number of methoxy groups -OCH3 is 3. The lowest BCUT2D eigenvalue weighted by atomic mass is 9.70. The Bertz CT molecular complexity index is 1340. The molecule has 17 atom stereocenters. The lowest BCUT2D eigenvalue weighted by molar-refractivity contribution is -0.314. The number of likely N-dealkylation sites (N-methyl/N-ethyl adjacent to an activating group) is 1. The maximum Gasteiger partial charge on any atom is 0.306 e. The van der Waals surface area contributed by atoms with Gasteiger partial charge in [-0.05, 0) is 88.0 Å². The number of nitrogens with zero attached hydrogens (tertiary/aromatic N) is 2. The summed E-state index contributed by atoms with van der Waals surface area (Å²) in [5, 5.41) is 4.49. The van der Waals surface area contributed by atoms with Crippen LogP contribution in [-0.4, -0.2) is 113 Å². The largest absolute Gasteiger partial charge is 0.462 e. The van der Waals surface area contributed by atoms with Crippen LogP contribution in [0.15, 0.2) is 29.1 Å². The molecule has 13 nitrogen and oxygen atoms in total. The van der Waals surface area contributed by atoms with Crippen molar-refractivity contribution in [3.05, 3.63) is 28.7 Å². The van der Waals surface area contributed by atoms with Gasteiger partial charge < -0.3 is 37.9 Å². The number of hydrogen-bond acceptors (Lipinski definition) is 12. The third-order valence-electron chi connectivity index (χ3n) is 13.2. The molecule has 0 unspecified atom stereocenters. The van der Waals surface area contributed by atoms with Gasteiger partial charge in [-0.2, -0.15) is 0 Å². The molecular formula is C40H62N2O11. The first-order valence-corrected chi connectivity index (χ1v) is 19.9. The molecule has 13 heteroatoms. The highest BCUT2D eigenvalue weighted by Gasteiger charge is 2.52. The second-order valence-electron chi connectivity index (χ2n) is 16.2. The summed E-state index contributed by atoms with van der Waals surface area (Å²) in [6.07, 6.45) is 9.31. The topological polar surface area (TPSA) is 141 Å². The first-order valence-electron chi connectivity index (χ1n) is 19.9. The Balaban J connectivity index is 1.20. The molecule has 3 saturated heterocycles. The van der Waals surface area contributed by atoms with Gasteiger partial charge in [0.05, 0.1) is 42.2 Å². The molecule has 0 aromatic heterocycles. The number of esters is 1. The molecule has 4 fully saturated rings. The van der Waals surface area contributed by atoms with Crippen LogP contribution in [0, 0.1) is 40.4 Å². The number of Topliss-reactive ketones (excluding diaryl/α,β-unsaturated/α-hetero) is 1. The van der Waals surface area contributed by atoms with E-state index in [0.717, 1.165) is 31.3 Å². The fraction of sp³-hybridized carbons (Fsp3) is 0.850. The number of rotatable bonds is 10. The van der Waals surface area contributed by atoms with Gasteiger partial charge in [-0.1, -0.05) is 32.1 Å². The van der Waals surface area contributed by atoms with Crippen molar-refractivity contribution in [1.82, 2.24) is 5.01 Å². The van der Waals surface area contributed by atoms with Gasteiger partial charge in [-0.25, -0.2) is 0 Å². The number of fused-ring (bicyclic) bond motifs is 5. The summed E-state index contributed by atoms with van der Waals surface area (Å²) in [6, 6.07) is -0.127. The normalized spacial score (nSPS) is 44.8. The van der Waals surface area contributed by atoms with Crippen molar-refractivity contribution in [2.24, 2.45) is 40.8 Å². The quantitative estimate of drug-likeness (QED) is 0.120. The molecule has 0 amide bonds. The van der Waals surface area contributed by atoms with Gasteiger partial charge in [0.1, 0.15) is 24.4 Å². The van der Waals surface area contributed by atoms with E-state index < -0.39 is 24.6 Å². The Hall–Kier alpha value is -2.26. The molecule has 0 bridgehead atoms. The van der Waals surface area contributed by atoms with Crippen molar-refractivity contribution >= 4 is 11.8 Å². The number of ketones is 1. The summed E-state index contributed by atoms with van der Waals surface area (Å²) in [7, 11) is 6.60. The summed E-state index contributed by atoms with van der Waals surface area (Å²) in [4.78, 5) is 39.3. The highest BCUT2D eigenvalue weighted by Crippen LogP contribution is 2.54. The number of allylic oxidation sites excluding steroid dienone is 4. The van der Waals surface area contributed by atoms with Crippen LogP contribution in [0.1, 0.15) is 85.5 Å². The maximum atomic E-state index is 14.6. The van der Waals surface area contributed by atoms with Crippen LogP contribution in [0.5, 0.6) is 0 Å². The van der Waals surface area contributed by atoms with E-state index in [9.17, 15) is 14.5 Å². The highest BCUT2D eigenvalue weighted by atomic mass is 16.7. The molecule has 0 N–H and O–H groups in total. The highest BCUT2D eigenvalue weighted by molar-refractivity contribution is 5.99. The summed E-state index contributed by atoms with van der Waals surface area (Å²) in [5.41, 5.74) is 0.718. The minimum atomic E-state index is -0.613. The zero-order valence-corrected chi connectivity index (χ0v) is 32.8. The molecule has 0 spiro atoms. The van der Waals surface area contributed by atoms with Crippen molar-refractivity contribution in [2.45, 2.75) is 153 Å². The monoisotopic (exact) mass is 746 g/mol. The zero-order chi connectivity index (χ0) is 38.0. The number of carbonyl (C=O) groups excluding carboxylic acids is 2. The lowest BCUT2D eigenvalue weighted by Gasteiger charge is -2.44. The van der Waals surface area contributed by atoms with Crippen LogP contribution in [0.25, 0.3) is 0 Å². The van der Waals surface area contributed by atoms with E-state index in [1.165, 1.54) is 5.01 Å². The van der Waals surface area contributed by atoms with Crippen molar-refractivity contribution < 1.29 is 47.5 Å². The van der Waals surface area contributed by atoms with E-state index in [1.54, 1.807) is 28.4 Å². The van der Waals surface area contributed by atoms with Crippen LogP contribution in [0.3, 0.4) is 0 Å². The van der Waals surface area contributed by atoms with Gasteiger partial charge in [0.2, 0.25) is 0 Å². The van der Waals surface area contributed by atoms with E-state index in [4.69, 9.17) is 37.9 Å². The smallest absolute Gasteiger partial charge is 0.306 e. The fourth-order valence-electron chi connectivity index (χ4n) is 10.3. The number of ether oxygens (including phenoxy) is 8. The zero-order valence-electron chi connectivity index (χ0n) is 32.8. The molecule has 3 aliphatic heterocycles. The fourth-order valence-corrected chi connectivity index (χ4v) is 10.3. The van der Waals surface area contributed by atoms with Gasteiger partial charge in [0.15, 0.2) is 18.4 Å². The SMILES string of the molecule is CC[C@H]1CCC[C@H](O[C@H]2CC[C@H](N(C)N=O)[C@@H](C)O2)[C@@H](C)C(=O)C2=C[C@@H]3[C@@H](C=C[C@@H]4C[C@@H](O[C@@H]5O[C@@H](C)[C@H](OC)[C@@H](OC)[C@H]5OC)C[C@@H]34)[C@@H]2CC(=O)O1. The number of cyclic esters (lactones) is 1. The first-order chi connectivity index (χ1) is 25.5. The molecule has 298 valence electrons. The summed E-state index contributed by atoms with van der Waals surface area (Å²) >= 11 is 0. The van der Waals surface area contributed by atoms with Crippen LogP contribution in [0.2, 0.25) is 0 Å². The summed E-state index contributed by atoms with van der Waals surface area (Å²) in [5.74, 6) is -0.299. The Kier molecular flexibility index (Phi) is 13.5. The lowest BCUT2D eigenvalue weighted by Crippen LogP contribution is -2.59. The standard InChI is InChI=1S/C40H62N2O11/c1-9-25-11-10-12-33(53-35-16-15-32(22(3)49-35)42(5)41-45)21(2)36(44)31-19-29-27(30(31)20-34(43)51-25)14-13-24-17-26(18-28(24)29)52-40-39(48-8)38(47-7)37(46-6)23(4)50-40/h13-14,19,21-30,32-33,35,37-40H,9-12,15-18,20H2,1-8H3/t21-,22-,23+,24-,25+,26-,27-,28-,29-,30+,32+,33+,35+,37+,38-,39-,40+/m1/s1. The third kappa shape index (κ3) is 8.46. The molecule has 6 rings (SSSR count). The molecular weight excluding hydrogens is 684 g/mol. The molecule has 3 heterocycles. The van der Waals surface area contributed by atoms with Gasteiger partial charge in [-0.15, -0.1) is 4.91 Å². The maximum absolute atomic E-state index is 14.6.